The van der Waals surface area contributed by atoms with Crippen molar-refractivity contribution in [1.82, 2.24) is 5.32 Å². The molecule has 1 atom stereocenters. The van der Waals surface area contributed by atoms with E-state index in [2.05, 4.69) is 5.32 Å². The van der Waals surface area contributed by atoms with Crippen LogP contribution in [0.2, 0.25) is 5.02 Å². The van der Waals surface area contributed by atoms with Crippen LogP contribution in [-0.2, 0) is 4.74 Å². The Morgan fingerprint density at radius 2 is 2.44 bits per heavy atom. The Balaban J connectivity index is 2.56. The summed E-state index contributed by atoms with van der Waals surface area (Å²) in [6.45, 7) is 1.59. The molecule has 0 radical (unpaired) electrons. The van der Waals surface area contributed by atoms with Crippen LogP contribution in [0.1, 0.15) is 17.3 Å². The van der Waals surface area contributed by atoms with Crippen LogP contribution in [0.3, 0.4) is 0 Å². The fourth-order valence-electron chi connectivity index (χ4n) is 1.10. The highest BCUT2D eigenvalue weighted by Crippen LogP contribution is 2.10. The molecule has 1 aromatic carbocycles. The molecule has 0 aliphatic rings. The number of ether oxygens (including phenoxy) is 1. The number of hydrogen-bond acceptors (Lipinski definition) is 3. The third-order valence-electron chi connectivity index (χ3n) is 1.82. The van der Waals surface area contributed by atoms with Crippen molar-refractivity contribution >= 4 is 17.5 Å². The van der Waals surface area contributed by atoms with E-state index in [0.717, 1.165) is 0 Å². The van der Waals surface area contributed by atoms with Crippen molar-refractivity contribution in [2.75, 3.05) is 6.61 Å². The van der Waals surface area contributed by atoms with Gasteiger partial charge in [-0.25, -0.2) is 0 Å². The summed E-state index contributed by atoms with van der Waals surface area (Å²) in [5, 5.41) is 11.4. The molecular weight excluding hydrogens is 228 g/mol. The lowest BCUT2D eigenvalue weighted by Gasteiger charge is -2.12. The Morgan fingerprint density at radius 1 is 1.69 bits per heavy atom. The lowest BCUT2D eigenvalue weighted by atomic mass is 10.2. The van der Waals surface area contributed by atoms with Crippen LogP contribution < -0.4 is 5.32 Å². The minimum atomic E-state index is -0.508. The van der Waals surface area contributed by atoms with Crippen LogP contribution >= 0.6 is 11.6 Å². The first kappa shape index (κ1) is 12.5. The molecule has 1 aromatic rings. The molecule has 0 aliphatic heterocycles. The average molecular weight is 239 g/mol. The number of halogens is 1. The third-order valence-corrected chi connectivity index (χ3v) is 2.05. The third kappa shape index (κ3) is 3.89. The van der Waals surface area contributed by atoms with Gasteiger partial charge in [0.1, 0.15) is 12.8 Å². The van der Waals surface area contributed by atoms with Crippen LogP contribution in [0.25, 0.3) is 0 Å². The van der Waals surface area contributed by atoms with Crippen molar-refractivity contribution < 1.29 is 9.53 Å². The van der Waals surface area contributed by atoms with E-state index in [0.29, 0.717) is 10.6 Å². The highest BCUT2D eigenvalue weighted by atomic mass is 35.5. The van der Waals surface area contributed by atoms with Crippen LogP contribution in [0.5, 0.6) is 0 Å². The molecule has 16 heavy (non-hydrogen) atoms. The van der Waals surface area contributed by atoms with E-state index in [-0.39, 0.29) is 12.5 Å². The van der Waals surface area contributed by atoms with E-state index in [1.54, 1.807) is 31.2 Å². The normalized spacial score (nSPS) is 11.6. The van der Waals surface area contributed by atoms with Crippen LogP contribution in [0, 0.1) is 11.3 Å². The molecule has 0 aliphatic carbocycles. The minimum Gasteiger partial charge on any atom is -0.344 e. The molecule has 0 fully saturated rings. The van der Waals surface area contributed by atoms with Gasteiger partial charge in [0.15, 0.2) is 0 Å². The number of hydrogen-bond donors (Lipinski definition) is 1. The number of rotatable bonds is 4. The SMILES string of the molecule is CC(NC(=O)c1cccc(Cl)c1)OCC#N. The molecule has 0 bridgehead atoms. The molecule has 84 valence electrons. The van der Waals surface area contributed by atoms with Gasteiger partial charge in [-0.2, -0.15) is 5.26 Å². The molecule has 1 amide bonds. The smallest absolute Gasteiger partial charge is 0.253 e. The molecule has 0 heterocycles. The largest absolute Gasteiger partial charge is 0.344 e. The number of carbonyl (C=O) groups excluding carboxylic acids is 1. The Hall–Kier alpha value is -1.57. The highest BCUT2D eigenvalue weighted by molar-refractivity contribution is 6.30. The molecule has 1 unspecified atom stereocenters. The maximum atomic E-state index is 11.6. The first-order valence-corrected chi connectivity index (χ1v) is 5.06. The summed E-state index contributed by atoms with van der Waals surface area (Å²) >= 11 is 5.75. The van der Waals surface area contributed by atoms with E-state index in [4.69, 9.17) is 21.6 Å². The second-order valence-electron chi connectivity index (χ2n) is 3.10. The Morgan fingerprint density at radius 3 is 3.06 bits per heavy atom. The van der Waals surface area contributed by atoms with Crippen molar-refractivity contribution in [1.29, 1.82) is 5.26 Å². The monoisotopic (exact) mass is 238 g/mol. The van der Waals surface area contributed by atoms with Crippen molar-refractivity contribution in [2.24, 2.45) is 0 Å². The Labute approximate surface area is 98.8 Å². The summed E-state index contributed by atoms with van der Waals surface area (Å²) in [5.74, 6) is -0.284. The van der Waals surface area contributed by atoms with E-state index in [1.807, 2.05) is 6.07 Å². The molecule has 5 heteroatoms. The Bertz CT molecular complexity index is 415. The summed E-state index contributed by atoms with van der Waals surface area (Å²) in [6, 6.07) is 8.42. The predicted molar refractivity (Wildman–Crippen MR) is 59.9 cm³/mol. The summed E-state index contributed by atoms with van der Waals surface area (Å²) in [5.41, 5.74) is 0.458. The Kier molecular flexibility index (Phi) is 4.77. The zero-order chi connectivity index (χ0) is 12.0. The quantitative estimate of drug-likeness (QED) is 0.816. The molecule has 0 spiro atoms. The number of benzene rings is 1. The van der Waals surface area contributed by atoms with Gasteiger partial charge in [0, 0.05) is 10.6 Å². The first-order valence-electron chi connectivity index (χ1n) is 4.68. The van der Waals surface area contributed by atoms with Gasteiger partial charge in [-0.3, -0.25) is 4.79 Å². The molecule has 1 rings (SSSR count). The topological polar surface area (TPSA) is 62.1 Å². The summed E-state index contributed by atoms with van der Waals surface area (Å²) in [4.78, 5) is 11.6. The number of nitriles is 1. The van der Waals surface area contributed by atoms with E-state index >= 15 is 0 Å². The summed E-state index contributed by atoms with van der Waals surface area (Å²) in [6.07, 6.45) is -0.508. The molecule has 0 saturated carbocycles. The van der Waals surface area contributed by atoms with Gasteiger partial charge in [0.2, 0.25) is 0 Å². The van der Waals surface area contributed by atoms with Gasteiger partial charge < -0.3 is 10.1 Å². The second kappa shape index (κ2) is 6.11. The second-order valence-corrected chi connectivity index (χ2v) is 3.53. The van der Waals surface area contributed by atoms with Gasteiger partial charge in [0.25, 0.3) is 5.91 Å². The van der Waals surface area contributed by atoms with Crippen LogP contribution in [0.4, 0.5) is 0 Å². The number of nitrogens with one attached hydrogen (secondary N) is 1. The van der Waals surface area contributed by atoms with Crippen molar-refractivity contribution in [3.05, 3.63) is 34.9 Å². The van der Waals surface area contributed by atoms with Gasteiger partial charge >= 0.3 is 0 Å². The number of amides is 1. The molecule has 0 aromatic heterocycles. The van der Waals surface area contributed by atoms with Crippen molar-refractivity contribution in [3.63, 3.8) is 0 Å². The summed E-state index contributed by atoms with van der Waals surface area (Å²) < 4.78 is 4.99. The lowest BCUT2D eigenvalue weighted by molar-refractivity contribution is 0.0536. The standard InChI is InChI=1S/C11H11ClN2O2/c1-8(16-6-5-13)14-11(15)9-3-2-4-10(12)7-9/h2-4,7-8H,6H2,1H3,(H,14,15). The zero-order valence-electron chi connectivity index (χ0n) is 8.74. The highest BCUT2D eigenvalue weighted by Gasteiger charge is 2.09. The average Bonchev–Trinajstić information content (AvgIpc) is 2.26. The van der Waals surface area contributed by atoms with Crippen LogP contribution in [0.15, 0.2) is 24.3 Å². The van der Waals surface area contributed by atoms with Crippen LogP contribution in [-0.4, -0.2) is 18.7 Å². The lowest BCUT2D eigenvalue weighted by Crippen LogP contribution is -2.34. The fourth-order valence-corrected chi connectivity index (χ4v) is 1.29. The van der Waals surface area contributed by atoms with Crippen molar-refractivity contribution in [3.8, 4) is 6.07 Å². The van der Waals surface area contributed by atoms with E-state index < -0.39 is 6.23 Å². The summed E-state index contributed by atoms with van der Waals surface area (Å²) in [7, 11) is 0. The molecule has 4 nitrogen and oxygen atoms in total. The minimum absolute atomic E-state index is 0.0585. The van der Waals surface area contributed by atoms with E-state index in [9.17, 15) is 4.79 Å². The number of nitrogens with zero attached hydrogens (tertiary/aromatic N) is 1. The molecular formula is C11H11ClN2O2. The maximum Gasteiger partial charge on any atom is 0.253 e. The van der Waals surface area contributed by atoms with E-state index in [1.165, 1.54) is 0 Å². The maximum absolute atomic E-state index is 11.6. The van der Waals surface area contributed by atoms with Gasteiger partial charge in [-0.1, -0.05) is 17.7 Å². The first-order chi connectivity index (χ1) is 7.63. The van der Waals surface area contributed by atoms with Crippen molar-refractivity contribution in [2.45, 2.75) is 13.2 Å². The van der Waals surface area contributed by atoms with Gasteiger partial charge in [0.05, 0.1) is 6.07 Å². The van der Waals surface area contributed by atoms with Gasteiger partial charge in [-0.05, 0) is 25.1 Å². The fraction of sp³-hybridized carbons (Fsp3) is 0.273. The predicted octanol–water partition coefficient (Wildman–Crippen LogP) is 1.96. The van der Waals surface area contributed by atoms with Gasteiger partial charge in [-0.15, -0.1) is 0 Å². The number of carbonyl (C=O) groups is 1. The molecule has 0 saturated heterocycles. The zero-order valence-corrected chi connectivity index (χ0v) is 9.49. The molecule has 1 N–H and O–H groups in total.